The molecule has 1 fully saturated rings. The summed E-state index contributed by atoms with van der Waals surface area (Å²) in [5.41, 5.74) is 6.56. The molecule has 1 aromatic rings. The molecule has 4 N–H and O–H groups in total. The molecule has 0 bridgehead atoms. The van der Waals surface area contributed by atoms with Gasteiger partial charge < -0.3 is 16.4 Å². The van der Waals surface area contributed by atoms with Crippen LogP contribution in [0.1, 0.15) is 29.6 Å². The number of rotatable bonds is 5. The molecule has 1 aliphatic rings. The highest BCUT2D eigenvalue weighted by Gasteiger charge is 2.13. The number of anilines is 1. The van der Waals surface area contributed by atoms with Gasteiger partial charge in [0.15, 0.2) is 0 Å². The highest BCUT2D eigenvalue weighted by Crippen LogP contribution is 2.21. The lowest BCUT2D eigenvalue weighted by Crippen LogP contribution is -2.30. The van der Waals surface area contributed by atoms with Crippen LogP contribution in [0.4, 0.5) is 5.69 Å². The van der Waals surface area contributed by atoms with E-state index in [1.165, 1.54) is 12.8 Å². The lowest BCUT2D eigenvalue weighted by Gasteiger charge is -2.23. The van der Waals surface area contributed by atoms with Crippen molar-refractivity contribution in [3.63, 3.8) is 0 Å². The van der Waals surface area contributed by atoms with Gasteiger partial charge in [0.25, 0.3) is 5.91 Å². The molecule has 1 heterocycles. The summed E-state index contributed by atoms with van der Waals surface area (Å²) in [4.78, 5) is 11.3. The summed E-state index contributed by atoms with van der Waals surface area (Å²) in [6.45, 7) is 3.04. The van der Waals surface area contributed by atoms with E-state index >= 15 is 0 Å². The van der Waals surface area contributed by atoms with Crippen LogP contribution in [-0.4, -0.2) is 25.5 Å². The molecule has 1 unspecified atom stereocenters. The third-order valence-corrected chi connectivity index (χ3v) is 3.75. The Bertz CT molecular complexity index is 444. The van der Waals surface area contributed by atoms with Crippen molar-refractivity contribution >= 4 is 23.2 Å². The average Bonchev–Trinajstić information content (AvgIpc) is 2.39. The van der Waals surface area contributed by atoms with Crippen LogP contribution in [0.15, 0.2) is 18.2 Å². The molecule has 0 radical (unpaired) electrons. The van der Waals surface area contributed by atoms with Gasteiger partial charge in [-0.2, -0.15) is 0 Å². The molecule has 1 atom stereocenters. The van der Waals surface area contributed by atoms with Gasteiger partial charge in [-0.25, -0.2) is 0 Å². The van der Waals surface area contributed by atoms with Gasteiger partial charge in [0.05, 0.1) is 5.56 Å². The van der Waals surface area contributed by atoms with E-state index in [1.54, 1.807) is 18.2 Å². The monoisotopic (exact) mass is 281 g/mol. The third kappa shape index (κ3) is 4.11. The number of nitrogens with one attached hydrogen (secondary N) is 2. The van der Waals surface area contributed by atoms with Crippen LogP contribution in [0.3, 0.4) is 0 Å². The van der Waals surface area contributed by atoms with Crippen molar-refractivity contribution in [1.82, 2.24) is 5.32 Å². The summed E-state index contributed by atoms with van der Waals surface area (Å²) in [5, 5.41) is 7.27. The highest BCUT2D eigenvalue weighted by atomic mass is 35.5. The van der Waals surface area contributed by atoms with Crippen LogP contribution in [0.5, 0.6) is 0 Å². The second kappa shape index (κ2) is 6.78. The van der Waals surface area contributed by atoms with Gasteiger partial charge in [-0.3, -0.25) is 4.79 Å². The number of hydrogen-bond donors (Lipinski definition) is 3. The van der Waals surface area contributed by atoms with Crippen LogP contribution in [-0.2, 0) is 0 Å². The number of benzene rings is 1. The second-order valence-electron chi connectivity index (χ2n) is 4.98. The molecule has 1 saturated heterocycles. The fraction of sp³-hybridized carbons (Fsp3) is 0.500. The first kappa shape index (κ1) is 14.2. The molecule has 1 aromatic carbocycles. The predicted octanol–water partition coefficient (Wildman–Crippen LogP) is 2.24. The number of amides is 1. The van der Waals surface area contributed by atoms with Crippen molar-refractivity contribution in [3.05, 3.63) is 28.8 Å². The Kier molecular flexibility index (Phi) is 5.05. The van der Waals surface area contributed by atoms with E-state index in [2.05, 4.69) is 10.6 Å². The second-order valence-corrected chi connectivity index (χ2v) is 5.42. The Balaban J connectivity index is 1.91. The van der Waals surface area contributed by atoms with Gasteiger partial charge in [0, 0.05) is 17.3 Å². The zero-order chi connectivity index (χ0) is 13.7. The number of primary amides is 1. The molecule has 2 rings (SSSR count). The average molecular weight is 282 g/mol. The van der Waals surface area contributed by atoms with Crippen molar-refractivity contribution in [2.75, 3.05) is 25.0 Å². The highest BCUT2D eigenvalue weighted by molar-refractivity contribution is 6.31. The maximum Gasteiger partial charge on any atom is 0.250 e. The molecule has 104 valence electrons. The zero-order valence-electron chi connectivity index (χ0n) is 10.9. The number of carbonyl (C=O) groups is 1. The molecular formula is C14H20ClN3O. The molecule has 4 nitrogen and oxygen atoms in total. The number of hydrogen-bond acceptors (Lipinski definition) is 3. The Labute approximate surface area is 118 Å². The molecule has 19 heavy (non-hydrogen) atoms. The van der Waals surface area contributed by atoms with Gasteiger partial charge in [-0.1, -0.05) is 11.6 Å². The molecule has 5 heteroatoms. The molecule has 0 aromatic heterocycles. The zero-order valence-corrected chi connectivity index (χ0v) is 11.7. The number of carbonyl (C=O) groups excluding carboxylic acids is 1. The van der Waals surface area contributed by atoms with Crippen molar-refractivity contribution in [2.24, 2.45) is 11.7 Å². The Hall–Kier alpha value is -1.26. The Morgan fingerprint density at radius 2 is 2.37 bits per heavy atom. The molecular weight excluding hydrogens is 262 g/mol. The minimum Gasteiger partial charge on any atom is -0.384 e. The summed E-state index contributed by atoms with van der Waals surface area (Å²) in [7, 11) is 0. The van der Waals surface area contributed by atoms with Crippen LogP contribution in [0.2, 0.25) is 5.02 Å². The Morgan fingerprint density at radius 1 is 1.53 bits per heavy atom. The van der Waals surface area contributed by atoms with E-state index in [0.717, 1.165) is 31.7 Å². The van der Waals surface area contributed by atoms with Crippen LogP contribution < -0.4 is 16.4 Å². The number of piperidine rings is 1. The van der Waals surface area contributed by atoms with Crippen molar-refractivity contribution in [1.29, 1.82) is 0 Å². The quantitative estimate of drug-likeness (QED) is 0.775. The molecule has 0 spiro atoms. The normalized spacial score (nSPS) is 19.1. The van der Waals surface area contributed by atoms with Crippen LogP contribution >= 0.6 is 11.6 Å². The van der Waals surface area contributed by atoms with Crippen LogP contribution in [0, 0.1) is 5.92 Å². The third-order valence-electron chi connectivity index (χ3n) is 3.51. The van der Waals surface area contributed by atoms with Gasteiger partial charge in [-0.15, -0.1) is 0 Å². The minimum absolute atomic E-state index is 0.432. The van der Waals surface area contributed by atoms with Crippen molar-refractivity contribution < 1.29 is 4.79 Å². The maximum absolute atomic E-state index is 11.3. The maximum atomic E-state index is 11.3. The van der Waals surface area contributed by atoms with Crippen LogP contribution in [0.25, 0.3) is 0 Å². The first-order valence-corrected chi connectivity index (χ1v) is 7.08. The first-order valence-electron chi connectivity index (χ1n) is 6.71. The molecule has 0 aliphatic carbocycles. The lowest BCUT2D eigenvalue weighted by atomic mass is 9.96. The molecule has 0 saturated carbocycles. The topological polar surface area (TPSA) is 67.2 Å². The molecule has 1 amide bonds. The van der Waals surface area contributed by atoms with E-state index in [-0.39, 0.29) is 0 Å². The van der Waals surface area contributed by atoms with Gasteiger partial charge in [0.1, 0.15) is 0 Å². The number of nitrogens with two attached hydrogens (primary N) is 1. The summed E-state index contributed by atoms with van der Waals surface area (Å²) < 4.78 is 0. The smallest absolute Gasteiger partial charge is 0.250 e. The summed E-state index contributed by atoms with van der Waals surface area (Å²) in [6, 6.07) is 5.09. The van der Waals surface area contributed by atoms with Crippen molar-refractivity contribution in [2.45, 2.75) is 19.3 Å². The largest absolute Gasteiger partial charge is 0.384 e. The summed E-state index contributed by atoms with van der Waals surface area (Å²) >= 11 is 5.95. The van der Waals surface area contributed by atoms with Gasteiger partial charge in [0.2, 0.25) is 0 Å². The van der Waals surface area contributed by atoms with E-state index in [9.17, 15) is 4.79 Å². The van der Waals surface area contributed by atoms with Gasteiger partial charge in [-0.05, 0) is 56.5 Å². The SMILES string of the molecule is NC(=O)c1ccc(Cl)cc1NCCC1CCCNC1. The van der Waals surface area contributed by atoms with E-state index in [4.69, 9.17) is 17.3 Å². The van der Waals surface area contributed by atoms with Crippen molar-refractivity contribution in [3.8, 4) is 0 Å². The first-order chi connectivity index (χ1) is 9.16. The summed E-state index contributed by atoms with van der Waals surface area (Å²) in [5.74, 6) is 0.274. The fourth-order valence-corrected chi connectivity index (χ4v) is 2.63. The summed E-state index contributed by atoms with van der Waals surface area (Å²) in [6.07, 6.45) is 3.60. The lowest BCUT2D eigenvalue weighted by molar-refractivity contribution is 0.100. The van der Waals surface area contributed by atoms with E-state index in [0.29, 0.717) is 16.5 Å². The number of halogens is 1. The molecule has 1 aliphatic heterocycles. The fourth-order valence-electron chi connectivity index (χ4n) is 2.46. The predicted molar refractivity (Wildman–Crippen MR) is 78.7 cm³/mol. The minimum atomic E-state index is -0.432. The Morgan fingerprint density at radius 3 is 3.05 bits per heavy atom. The standard InChI is InChI=1S/C14H20ClN3O/c15-11-3-4-12(14(16)19)13(8-11)18-7-5-10-2-1-6-17-9-10/h3-4,8,10,17-18H,1-2,5-7,9H2,(H2,16,19). The van der Waals surface area contributed by atoms with E-state index in [1.807, 2.05) is 0 Å². The van der Waals surface area contributed by atoms with Gasteiger partial charge >= 0.3 is 0 Å². The van der Waals surface area contributed by atoms with E-state index < -0.39 is 5.91 Å².